The lowest BCUT2D eigenvalue weighted by Gasteiger charge is -2.13. The molecule has 0 saturated heterocycles. The smallest absolute Gasteiger partial charge is 0.0817 e. The van der Waals surface area contributed by atoms with Crippen molar-refractivity contribution in [1.82, 2.24) is 10.4 Å². The van der Waals surface area contributed by atoms with Gasteiger partial charge >= 0.3 is 0 Å². The van der Waals surface area contributed by atoms with E-state index in [9.17, 15) is 0 Å². The maximum atomic E-state index is 5.57. The van der Waals surface area contributed by atoms with Crippen molar-refractivity contribution in [3.05, 3.63) is 52.0 Å². The molecule has 15 heavy (non-hydrogen) atoms. The number of aromatic nitrogens is 1. The number of thiophene rings is 1. The van der Waals surface area contributed by atoms with Gasteiger partial charge in [-0.2, -0.15) is 0 Å². The summed E-state index contributed by atoms with van der Waals surface area (Å²) in [6.07, 6.45) is 3.59. The summed E-state index contributed by atoms with van der Waals surface area (Å²) in [6, 6.07) is 8.17. The van der Waals surface area contributed by atoms with Crippen molar-refractivity contribution >= 4 is 11.3 Å². The highest BCUT2D eigenvalue weighted by molar-refractivity contribution is 7.12. The number of nitrogens with one attached hydrogen (secondary N) is 1. The second-order valence-corrected chi connectivity index (χ2v) is 4.65. The molecule has 0 radical (unpaired) electrons. The molecule has 1 atom stereocenters. The number of rotatable bonds is 3. The molecule has 2 rings (SSSR count). The van der Waals surface area contributed by atoms with Crippen LogP contribution in [0.5, 0.6) is 0 Å². The number of nitrogens with zero attached hydrogens (tertiary/aromatic N) is 1. The van der Waals surface area contributed by atoms with E-state index in [1.165, 1.54) is 9.75 Å². The Bertz CT molecular complexity index is 424. The number of hydrogen-bond donors (Lipinski definition) is 2. The molecule has 2 aromatic heterocycles. The van der Waals surface area contributed by atoms with Gasteiger partial charge in [-0.15, -0.1) is 11.3 Å². The quantitative estimate of drug-likeness (QED) is 0.613. The molecular weight excluding hydrogens is 206 g/mol. The summed E-state index contributed by atoms with van der Waals surface area (Å²) in [5.74, 6) is 5.57. The summed E-state index contributed by atoms with van der Waals surface area (Å²) in [4.78, 5) is 6.59. The van der Waals surface area contributed by atoms with Crippen LogP contribution in [0.15, 0.2) is 36.7 Å². The molecule has 4 heteroatoms. The third kappa shape index (κ3) is 2.23. The van der Waals surface area contributed by atoms with E-state index in [1.807, 2.05) is 18.3 Å². The largest absolute Gasteiger partial charge is 0.271 e. The lowest BCUT2D eigenvalue weighted by Crippen LogP contribution is -2.28. The third-order valence-electron chi connectivity index (χ3n) is 2.23. The van der Waals surface area contributed by atoms with Crippen LogP contribution in [-0.4, -0.2) is 4.98 Å². The predicted molar refractivity (Wildman–Crippen MR) is 62.5 cm³/mol. The molecule has 0 aliphatic rings. The molecule has 0 bridgehead atoms. The fraction of sp³-hybridized carbons (Fsp3) is 0.182. The first-order valence-electron chi connectivity index (χ1n) is 4.73. The highest BCUT2D eigenvalue weighted by Gasteiger charge is 2.13. The van der Waals surface area contributed by atoms with E-state index in [0.717, 1.165) is 5.56 Å². The first-order chi connectivity index (χ1) is 7.31. The summed E-state index contributed by atoms with van der Waals surface area (Å²) >= 11 is 1.74. The van der Waals surface area contributed by atoms with Crippen LogP contribution in [0.4, 0.5) is 0 Å². The summed E-state index contributed by atoms with van der Waals surface area (Å²) in [5.41, 5.74) is 3.90. The van der Waals surface area contributed by atoms with Crippen molar-refractivity contribution < 1.29 is 0 Å². The molecule has 2 heterocycles. The van der Waals surface area contributed by atoms with Crippen LogP contribution in [0, 0.1) is 6.92 Å². The fourth-order valence-corrected chi connectivity index (χ4v) is 2.46. The van der Waals surface area contributed by atoms with Gasteiger partial charge in [-0.1, -0.05) is 6.07 Å². The molecule has 78 valence electrons. The number of hydrazine groups is 1. The minimum absolute atomic E-state index is 0.0393. The molecule has 3 N–H and O–H groups in total. The van der Waals surface area contributed by atoms with E-state index in [0.29, 0.717) is 0 Å². The monoisotopic (exact) mass is 219 g/mol. The Labute approximate surface area is 92.9 Å². The Morgan fingerprint density at radius 2 is 2.27 bits per heavy atom. The maximum Gasteiger partial charge on any atom is 0.0817 e. The first-order valence-corrected chi connectivity index (χ1v) is 5.55. The molecule has 0 amide bonds. The van der Waals surface area contributed by atoms with Gasteiger partial charge in [-0.25, -0.2) is 5.43 Å². The van der Waals surface area contributed by atoms with Gasteiger partial charge in [0, 0.05) is 22.1 Å². The second kappa shape index (κ2) is 4.53. The zero-order chi connectivity index (χ0) is 10.7. The van der Waals surface area contributed by atoms with Crippen LogP contribution in [0.1, 0.15) is 21.4 Å². The van der Waals surface area contributed by atoms with Crippen molar-refractivity contribution in [2.45, 2.75) is 13.0 Å². The SMILES string of the molecule is Cc1ccc(C(NN)c2cccnc2)s1. The Morgan fingerprint density at radius 1 is 1.40 bits per heavy atom. The molecule has 2 aromatic rings. The molecule has 0 saturated carbocycles. The van der Waals surface area contributed by atoms with Crippen LogP contribution in [0.2, 0.25) is 0 Å². The summed E-state index contributed by atoms with van der Waals surface area (Å²) < 4.78 is 0. The van der Waals surface area contributed by atoms with Gasteiger partial charge in [-0.05, 0) is 30.7 Å². The summed E-state index contributed by atoms with van der Waals surface area (Å²) in [5, 5.41) is 0. The maximum absolute atomic E-state index is 5.57. The van der Waals surface area contributed by atoms with Gasteiger partial charge in [0.15, 0.2) is 0 Å². The summed E-state index contributed by atoms with van der Waals surface area (Å²) in [7, 11) is 0. The van der Waals surface area contributed by atoms with Crippen LogP contribution >= 0.6 is 11.3 Å². The highest BCUT2D eigenvalue weighted by Crippen LogP contribution is 2.26. The molecule has 0 fully saturated rings. The van der Waals surface area contributed by atoms with Crippen molar-refractivity contribution in [3.63, 3.8) is 0 Å². The molecular formula is C11H13N3S. The normalized spacial score (nSPS) is 12.7. The number of pyridine rings is 1. The minimum Gasteiger partial charge on any atom is -0.271 e. The fourth-order valence-electron chi connectivity index (χ4n) is 1.50. The lowest BCUT2D eigenvalue weighted by atomic mass is 10.1. The number of nitrogens with two attached hydrogens (primary N) is 1. The third-order valence-corrected chi connectivity index (χ3v) is 3.30. The van der Waals surface area contributed by atoms with Gasteiger partial charge in [0.2, 0.25) is 0 Å². The van der Waals surface area contributed by atoms with Crippen molar-refractivity contribution in [3.8, 4) is 0 Å². The summed E-state index contributed by atoms with van der Waals surface area (Å²) in [6.45, 7) is 2.09. The van der Waals surface area contributed by atoms with E-state index >= 15 is 0 Å². The Kier molecular flexibility index (Phi) is 3.11. The van der Waals surface area contributed by atoms with Gasteiger partial charge in [-0.3, -0.25) is 10.8 Å². The zero-order valence-electron chi connectivity index (χ0n) is 8.47. The van der Waals surface area contributed by atoms with Crippen molar-refractivity contribution in [1.29, 1.82) is 0 Å². The van der Waals surface area contributed by atoms with Gasteiger partial charge in [0.25, 0.3) is 0 Å². The van der Waals surface area contributed by atoms with Gasteiger partial charge < -0.3 is 0 Å². The number of hydrogen-bond acceptors (Lipinski definition) is 4. The molecule has 3 nitrogen and oxygen atoms in total. The van der Waals surface area contributed by atoms with Crippen LogP contribution in [0.3, 0.4) is 0 Å². The molecule has 0 aliphatic heterocycles. The molecule has 0 spiro atoms. The Balaban J connectivity index is 2.33. The topological polar surface area (TPSA) is 50.9 Å². The zero-order valence-corrected chi connectivity index (χ0v) is 9.29. The van der Waals surface area contributed by atoms with E-state index in [4.69, 9.17) is 5.84 Å². The van der Waals surface area contributed by atoms with E-state index < -0.39 is 0 Å². The van der Waals surface area contributed by atoms with Crippen molar-refractivity contribution in [2.75, 3.05) is 0 Å². The first kappa shape index (κ1) is 10.3. The van der Waals surface area contributed by atoms with Gasteiger partial charge in [0.1, 0.15) is 0 Å². The highest BCUT2D eigenvalue weighted by atomic mass is 32.1. The molecule has 0 aromatic carbocycles. The van der Waals surface area contributed by atoms with E-state index in [1.54, 1.807) is 17.5 Å². The average molecular weight is 219 g/mol. The van der Waals surface area contributed by atoms with Crippen LogP contribution in [0.25, 0.3) is 0 Å². The Morgan fingerprint density at radius 3 is 2.80 bits per heavy atom. The molecule has 1 unspecified atom stereocenters. The number of aryl methyl sites for hydroxylation is 1. The molecule has 0 aliphatic carbocycles. The lowest BCUT2D eigenvalue weighted by molar-refractivity contribution is 0.644. The van der Waals surface area contributed by atoms with Crippen LogP contribution in [-0.2, 0) is 0 Å². The predicted octanol–water partition coefficient (Wildman–Crippen LogP) is 2.00. The minimum atomic E-state index is 0.0393. The van der Waals surface area contributed by atoms with E-state index in [2.05, 4.69) is 29.5 Å². The van der Waals surface area contributed by atoms with E-state index in [-0.39, 0.29) is 6.04 Å². The van der Waals surface area contributed by atoms with Crippen LogP contribution < -0.4 is 11.3 Å². The van der Waals surface area contributed by atoms with Crippen molar-refractivity contribution in [2.24, 2.45) is 5.84 Å². The standard InChI is InChI=1S/C11H13N3S/c1-8-4-5-10(15-8)11(14-12)9-3-2-6-13-7-9/h2-7,11,14H,12H2,1H3. The second-order valence-electron chi connectivity index (χ2n) is 3.33. The Hall–Kier alpha value is -1.23. The van der Waals surface area contributed by atoms with Gasteiger partial charge in [0.05, 0.1) is 6.04 Å². The average Bonchev–Trinajstić information content (AvgIpc) is 2.68.